The van der Waals surface area contributed by atoms with Crippen molar-refractivity contribution in [2.75, 3.05) is 13.2 Å². The summed E-state index contributed by atoms with van der Waals surface area (Å²) in [5.74, 6) is 0.438. The number of aryl methyl sites for hydroxylation is 4. The number of aromatic amines is 3. The molecule has 0 bridgehead atoms. The van der Waals surface area contributed by atoms with E-state index in [0.717, 1.165) is 33.2 Å². The molecular formula is C60H52F2N8O7. The van der Waals surface area contributed by atoms with Crippen molar-refractivity contribution in [3.8, 4) is 28.3 Å². The molecule has 0 saturated carbocycles. The van der Waals surface area contributed by atoms with Crippen LogP contribution in [0.1, 0.15) is 70.4 Å². The second kappa shape index (κ2) is 20.9. The molecule has 6 aromatic heterocycles. The molecule has 6 aromatic carbocycles. The van der Waals surface area contributed by atoms with E-state index in [2.05, 4.69) is 30.2 Å². The number of pyridine rings is 2. The van der Waals surface area contributed by atoms with Gasteiger partial charge in [-0.15, -0.1) is 0 Å². The minimum atomic E-state index is -1.79. The Bertz CT molecular complexity index is 4130. The smallest absolute Gasteiger partial charge is 0.323 e. The zero-order valence-electron chi connectivity index (χ0n) is 42.7. The van der Waals surface area contributed by atoms with Gasteiger partial charge in [-0.3, -0.25) is 0 Å². The van der Waals surface area contributed by atoms with Crippen LogP contribution in [0.5, 0.6) is 6.01 Å². The van der Waals surface area contributed by atoms with E-state index in [-0.39, 0.29) is 12.3 Å². The van der Waals surface area contributed by atoms with Crippen molar-refractivity contribution in [3.63, 3.8) is 0 Å². The van der Waals surface area contributed by atoms with Crippen molar-refractivity contribution in [1.29, 1.82) is 0 Å². The average molecular weight is 1040 g/mol. The highest BCUT2D eigenvalue weighted by molar-refractivity contribution is 5.90. The van der Waals surface area contributed by atoms with Crippen LogP contribution in [0.25, 0.3) is 66.1 Å². The molecule has 17 heteroatoms. The maximum absolute atomic E-state index is 14.1. The number of aliphatic hydroxyl groups excluding tert-OH is 1. The minimum Gasteiger partial charge on any atom is -0.465 e. The van der Waals surface area contributed by atoms with Crippen LogP contribution < -0.4 is 10.4 Å². The molecule has 2 atom stereocenters. The summed E-state index contributed by atoms with van der Waals surface area (Å²) in [6.07, 6.45) is 0. The van der Waals surface area contributed by atoms with Crippen LogP contribution in [0.2, 0.25) is 0 Å². The minimum absolute atomic E-state index is 0.250. The van der Waals surface area contributed by atoms with E-state index in [4.69, 9.17) is 28.9 Å². The summed E-state index contributed by atoms with van der Waals surface area (Å²) in [5, 5.41) is 42.6. The maximum atomic E-state index is 14.1. The first-order valence-electron chi connectivity index (χ1n) is 24.7. The van der Waals surface area contributed by atoms with Gasteiger partial charge in [-0.1, -0.05) is 83.1 Å². The fraction of sp³-hybridized carbons (Fsp3) is 0.167. The highest BCUT2D eigenvalue weighted by Crippen LogP contribution is 2.44. The van der Waals surface area contributed by atoms with E-state index in [9.17, 15) is 23.8 Å². The summed E-state index contributed by atoms with van der Waals surface area (Å²) in [6.45, 7) is 11.6. The molecule has 0 radical (unpaired) electrons. The number of nitrogens with zero attached hydrogens (tertiary/aromatic N) is 5. The van der Waals surface area contributed by atoms with Gasteiger partial charge in [0.1, 0.15) is 23.2 Å². The Balaban J connectivity index is 0.000000166. The molecule has 388 valence electrons. The lowest BCUT2D eigenvalue weighted by atomic mass is 9.81. The van der Waals surface area contributed by atoms with E-state index in [0.29, 0.717) is 96.4 Å². The van der Waals surface area contributed by atoms with E-state index in [1.54, 1.807) is 49.4 Å². The normalized spacial score (nSPS) is 13.0. The number of hydrogen-bond acceptors (Lipinski definition) is 12. The second-order valence-corrected chi connectivity index (χ2v) is 18.4. The quantitative estimate of drug-likeness (QED) is 0.0752. The number of fused-ring (bicyclic) bond motifs is 4. The van der Waals surface area contributed by atoms with E-state index in [1.165, 1.54) is 24.3 Å². The van der Waals surface area contributed by atoms with Gasteiger partial charge in [0, 0.05) is 51.8 Å². The van der Waals surface area contributed by atoms with Crippen LogP contribution >= 0.6 is 0 Å². The molecule has 6 heterocycles. The first-order chi connectivity index (χ1) is 37.1. The number of aliphatic hydroxyl groups is 3. The fourth-order valence-electron chi connectivity index (χ4n) is 9.91. The van der Waals surface area contributed by atoms with Crippen LogP contribution in [-0.2, 0) is 11.2 Å². The molecule has 0 aliphatic heterocycles. The Hall–Kier alpha value is -9.16. The van der Waals surface area contributed by atoms with Crippen molar-refractivity contribution in [2.45, 2.75) is 52.7 Å². The fourth-order valence-corrected chi connectivity index (χ4v) is 9.91. The van der Waals surface area contributed by atoms with Gasteiger partial charge in [0.2, 0.25) is 0 Å². The SMILES string of the molecule is CCO.CCOc1nc2c(C(O)(c3ccccc3)c3ccc4ccc(F)cc4n3)cc(-c3c(C)noc3C)cc2[nH]1.Cc1noc(C)c1-c1cc(C(O)(c2ccccc2)c2ccc3ccc(F)cc3n2)c2[nH]c(=O)[nH]c2c1. The molecule has 12 rings (SSSR count). The van der Waals surface area contributed by atoms with Crippen molar-refractivity contribution < 1.29 is 37.9 Å². The molecule has 0 fully saturated rings. The van der Waals surface area contributed by atoms with E-state index in [1.807, 2.05) is 113 Å². The number of halogens is 2. The summed E-state index contributed by atoms with van der Waals surface area (Å²) in [5.41, 5.74) is 6.16. The number of hydrogen-bond donors (Lipinski definition) is 6. The largest absolute Gasteiger partial charge is 0.465 e. The predicted octanol–water partition coefficient (Wildman–Crippen LogP) is 11.3. The third kappa shape index (κ3) is 9.52. The van der Waals surface area contributed by atoms with Crippen LogP contribution in [0.4, 0.5) is 8.78 Å². The average Bonchev–Trinajstić information content (AvgIpc) is 4.24. The second-order valence-electron chi connectivity index (χ2n) is 18.4. The third-order valence-corrected chi connectivity index (χ3v) is 13.3. The number of aromatic nitrogens is 8. The number of imidazole rings is 2. The van der Waals surface area contributed by atoms with Crippen LogP contribution in [0, 0.1) is 39.3 Å². The molecule has 15 nitrogen and oxygen atoms in total. The van der Waals surface area contributed by atoms with Crippen molar-refractivity contribution >= 4 is 43.9 Å². The first kappa shape index (κ1) is 51.3. The molecule has 0 aliphatic carbocycles. The number of H-pyrrole nitrogens is 3. The molecule has 0 amide bonds. The highest BCUT2D eigenvalue weighted by atomic mass is 19.1. The van der Waals surface area contributed by atoms with Gasteiger partial charge in [0.05, 0.1) is 62.5 Å². The summed E-state index contributed by atoms with van der Waals surface area (Å²) in [6, 6.07) is 42.0. The topological polar surface area (TPSA) is 225 Å². The Labute approximate surface area is 438 Å². The highest BCUT2D eigenvalue weighted by Gasteiger charge is 2.40. The summed E-state index contributed by atoms with van der Waals surface area (Å²) >= 11 is 0. The monoisotopic (exact) mass is 1030 g/mol. The number of nitrogens with one attached hydrogen (secondary N) is 3. The lowest BCUT2D eigenvalue weighted by molar-refractivity contribution is 0.122. The predicted molar refractivity (Wildman–Crippen MR) is 289 cm³/mol. The van der Waals surface area contributed by atoms with Gasteiger partial charge in [-0.2, -0.15) is 4.98 Å². The van der Waals surface area contributed by atoms with Gasteiger partial charge in [-0.25, -0.2) is 23.5 Å². The van der Waals surface area contributed by atoms with Gasteiger partial charge < -0.3 is 44.1 Å². The van der Waals surface area contributed by atoms with Crippen molar-refractivity contribution in [2.24, 2.45) is 0 Å². The standard InChI is InChI=1S/C30H25FN4O3.C28H21FN4O3.C2H6O/c1-4-37-29-33-25-15-20(27-17(2)35-38-18(27)3)14-23(28(25)34-29)30(36,21-8-6-5-7-9-21)26-13-11-19-10-12-22(31)16-24(19)32-26;1-15-25(16(2)36-33-15)18-12-21(26-23(13-18)31-27(34)32-26)28(35,19-6-4-3-5-7-19)24-11-9-17-8-10-20(29)14-22(17)30-24;1-2-3/h5-16,36H,4H2,1-3H3,(H,33,34);3-14,35H,1-2H3,(H2,31,32,34);3H,2H2,1H3. The number of benzene rings is 6. The van der Waals surface area contributed by atoms with Gasteiger partial charge in [-0.05, 0) is 124 Å². The van der Waals surface area contributed by atoms with Crippen LogP contribution in [0.3, 0.4) is 0 Å². The van der Waals surface area contributed by atoms with E-state index >= 15 is 0 Å². The van der Waals surface area contributed by atoms with Crippen molar-refractivity contribution in [3.05, 3.63) is 224 Å². The third-order valence-electron chi connectivity index (χ3n) is 13.3. The van der Waals surface area contributed by atoms with E-state index < -0.39 is 28.5 Å². The molecule has 0 spiro atoms. The maximum Gasteiger partial charge on any atom is 0.323 e. The summed E-state index contributed by atoms with van der Waals surface area (Å²) in [4.78, 5) is 35.4. The van der Waals surface area contributed by atoms with Gasteiger partial charge in [0.15, 0.2) is 11.2 Å². The molecule has 6 N–H and O–H groups in total. The van der Waals surface area contributed by atoms with Crippen LogP contribution in [0.15, 0.2) is 159 Å². The number of ether oxygens (including phenoxy) is 1. The van der Waals surface area contributed by atoms with Crippen molar-refractivity contribution in [1.82, 2.24) is 40.2 Å². The zero-order chi connectivity index (χ0) is 54.2. The Morgan fingerprint density at radius 3 is 1.52 bits per heavy atom. The van der Waals surface area contributed by atoms with Crippen LogP contribution in [-0.4, -0.2) is 68.8 Å². The Morgan fingerprint density at radius 2 is 1.04 bits per heavy atom. The molecule has 12 aromatic rings. The summed E-state index contributed by atoms with van der Waals surface area (Å²) in [7, 11) is 0. The lowest BCUT2D eigenvalue weighted by Gasteiger charge is -2.30. The lowest BCUT2D eigenvalue weighted by Crippen LogP contribution is -2.30. The molecular weight excluding hydrogens is 983 g/mol. The zero-order valence-corrected chi connectivity index (χ0v) is 42.7. The first-order valence-corrected chi connectivity index (χ1v) is 24.7. The van der Waals surface area contributed by atoms with Gasteiger partial charge >= 0.3 is 5.69 Å². The Kier molecular flexibility index (Phi) is 13.9. The number of rotatable bonds is 10. The molecule has 0 saturated heterocycles. The molecule has 0 aliphatic rings. The molecule has 2 unspecified atom stereocenters. The molecule has 77 heavy (non-hydrogen) atoms. The summed E-state index contributed by atoms with van der Waals surface area (Å²) < 4.78 is 44.7. The van der Waals surface area contributed by atoms with Gasteiger partial charge in [0.25, 0.3) is 6.01 Å². The Morgan fingerprint density at radius 1 is 0.571 bits per heavy atom.